The molecule has 0 radical (unpaired) electrons. The summed E-state index contributed by atoms with van der Waals surface area (Å²) in [5, 5.41) is 2.92. The second-order valence-electron chi connectivity index (χ2n) is 5.68. The van der Waals surface area contributed by atoms with Gasteiger partial charge in [-0.2, -0.15) is 0 Å². The smallest absolute Gasteiger partial charge is 0.224 e. The van der Waals surface area contributed by atoms with Gasteiger partial charge in [-0.3, -0.25) is 4.79 Å². The summed E-state index contributed by atoms with van der Waals surface area (Å²) in [6.07, 6.45) is 0.270. The lowest BCUT2D eigenvalue weighted by molar-refractivity contribution is -0.120. The molecule has 3 aromatic rings. The highest BCUT2D eigenvalue weighted by Crippen LogP contribution is 2.27. The molecule has 0 aliphatic heterocycles. The van der Waals surface area contributed by atoms with Crippen LogP contribution in [0.4, 0.5) is 0 Å². The zero-order valence-corrected chi connectivity index (χ0v) is 14.5. The number of benzene rings is 2. The van der Waals surface area contributed by atoms with Gasteiger partial charge in [0, 0.05) is 13.5 Å². The fraction of sp³-hybridized carbons (Fsp3) is 0.263. The number of hydrogen-bond acceptors (Lipinski definition) is 5. The number of nitrogens with zero attached hydrogens (tertiary/aromatic N) is 1. The van der Waals surface area contributed by atoms with Crippen LogP contribution in [0.1, 0.15) is 17.0 Å². The minimum atomic E-state index is -0.0661. The average molecular weight is 340 g/mol. The van der Waals surface area contributed by atoms with Crippen LogP contribution in [0, 0.1) is 6.92 Å². The normalized spacial score (nSPS) is 10.7. The van der Waals surface area contributed by atoms with Gasteiger partial charge in [0.15, 0.2) is 23.0 Å². The van der Waals surface area contributed by atoms with Crippen molar-refractivity contribution in [2.24, 2.45) is 0 Å². The maximum absolute atomic E-state index is 12.2. The number of nitrogens with one attached hydrogen (secondary N) is 1. The van der Waals surface area contributed by atoms with E-state index in [0.717, 1.165) is 22.2 Å². The van der Waals surface area contributed by atoms with Crippen LogP contribution in [0.5, 0.6) is 11.5 Å². The summed E-state index contributed by atoms with van der Waals surface area (Å²) in [5.74, 6) is 1.82. The van der Waals surface area contributed by atoms with E-state index in [0.29, 0.717) is 23.9 Å². The molecule has 25 heavy (non-hydrogen) atoms. The summed E-state index contributed by atoms with van der Waals surface area (Å²) < 4.78 is 15.9. The molecule has 0 fully saturated rings. The molecule has 0 aliphatic rings. The predicted octanol–water partition coefficient (Wildman–Crippen LogP) is 3.01. The van der Waals surface area contributed by atoms with E-state index >= 15 is 0 Å². The molecule has 1 heterocycles. The summed E-state index contributed by atoms with van der Waals surface area (Å²) in [6.45, 7) is 2.25. The van der Waals surface area contributed by atoms with Crippen molar-refractivity contribution in [3.8, 4) is 11.5 Å². The second-order valence-corrected chi connectivity index (χ2v) is 5.68. The number of carbonyl (C=O) groups excluding carboxylic acids is 1. The Morgan fingerprint density at radius 2 is 1.84 bits per heavy atom. The summed E-state index contributed by atoms with van der Waals surface area (Å²) >= 11 is 0. The number of ether oxygens (including phenoxy) is 2. The van der Waals surface area contributed by atoms with Crippen molar-refractivity contribution < 1.29 is 18.7 Å². The second kappa shape index (κ2) is 7.25. The third kappa shape index (κ3) is 3.91. The fourth-order valence-electron chi connectivity index (χ4n) is 2.64. The van der Waals surface area contributed by atoms with Gasteiger partial charge in [0.25, 0.3) is 0 Å². The Labute approximate surface area is 145 Å². The van der Waals surface area contributed by atoms with Crippen LogP contribution in [0.25, 0.3) is 11.1 Å². The van der Waals surface area contributed by atoms with Gasteiger partial charge in [0.2, 0.25) is 5.91 Å². The standard InChI is InChI=1S/C19H20N2O4/c1-12-21-15-8-14(5-6-16(15)25-12)11-20-19(22)10-13-4-7-17(23-2)18(9-13)24-3/h4-9H,10-11H2,1-3H3,(H,20,22). The van der Waals surface area contributed by atoms with E-state index in [4.69, 9.17) is 13.9 Å². The van der Waals surface area contributed by atoms with Gasteiger partial charge in [-0.1, -0.05) is 12.1 Å². The van der Waals surface area contributed by atoms with E-state index < -0.39 is 0 Å². The molecule has 1 amide bonds. The monoisotopic (exact) mass is 340 g/mol. The maximum atomic E-state index is 12.2. The fourth-order valence-corrected chi connectivity index (χ4v) is 2.64. The Morgan fingerprint density at radius 1 is 1.08 bits per heavy atom. The molecule has 6 nitrogen and oxygen atoms in total. The molecule has 0 bridgehead atoms. The summed E-state index contributed by atoms with van der Waals surface area (Å²) in [7, 11) is 3.15. The molecule has 0 spiro atoms. The Balaban J connectivity index is 1.62. The Morgan fingerprint density at radius 3 is 2.60 bits per heavy atom. The number of carbonyl (C=O) groups is 1. The van der Waals surface area contributed by atoms with E-state index in [-0.39, 0.29) is 12.3 Å². The molecule has 0 aliphatic carbocycles. The molecule has 1 N–H and O–H groups in total. The first-order valence-electron chi connectivity index (χ1n) is 7.92. The number of oxazole rings is 1. The third-order valence-electron chi connectivity index (χ3n) is 3.86. The number of fused-ring (bicyclic) bond motifs is 1. The van der Waals surface area contributed by atoms with E-state index in [1.165, 1.54) is 0 Å². The van der Waals surface area contributed by atoms with Crippen LogP contribution in [-0.2, 0) is 17.8 Å². The highest BCUT2D eigenvalue weighted by atomic mass is 16.5. The van der Waals surface area contributed by atoms with Crippen molar-refractivity contribution in [3.05, 3.63) is 53.4 Å². The summed E-state index contributed by atoms with van der Waals surface area (Å²) in [6, 6.07) is 11.2. The molecule has 0 unspecified atom stereocenters. The number of amides is 1. The van der Waals surface area contributed by atoms with Crippen LogP contribution in [0.2, 0.25) is 0 Å². The minimum absolute atomic E-state index is 0.0661. The van der Waals surface area contributed by atoms with Crippen LogP contribution in [-0.4, -0.2) is 25.1 Å². The molecule has 2 aromatic carbocycles. The minimum Gasteiger partial charge on any atom is -0.493 e. The summed E-state index contributed by atoms with van der Waals surface area (Å²) in [4.78, 5) is 16.5. The molecule has 0 saturated heterocycles. The lowest BCUT2D eigenvalue weighted by atomic mass is 10.1. The molecule has 3 rings (SSSR count). The number of aryl methyl sites for hydroxylation is 1. The molecule has 0 saturated carbocycles. The topological polar surface area (TPSA) is 73.6 Å². The van der Waals surface area contributed by atoms with Crippen molar-refractivity contribution in [3.63, 3.8) is 0 Å². The van der Waals surface area contributed by atoms with Crippen molar-refractivity contribution >= 4 is 17.0 Å². The SMILES string of the molecule is COc1ccc(CC(=O)NCc2ccc3oc(C)nc3c2)cc1OC. The molecular weight excluding hydrogens is 320 g/mol. The predicted molar refractivity (Wildman–Crippen MR) is 93.8 cm³/mol. The van der Waals surface area contributed by atoms with Gasteiger partial charge in [-0.25, -0.2) is 4.98 Å². The highest BCUT2D eigenvalue weighted by Gasteiger charge is 2.09. The molecule has 6 heteroatoms. The van der Waals surface area contributed by atoms with Crippen molar-refractivity contribution in [1.29, 1.82) is 0 Å². The Hall–Kier alpha value is -3.02. The van der Waals surface area contributed by atoms with Gasteiger partial charge in [0.1, 0.15) is 5.52 Å². The number of aromatic nitrogens is 1. The molecular formula is C19H20N2O4. The van der Waals surface area contributed by atoms with Crippen LogP contribution < -0.4 is 14.8 Å². The molecule has 0 atom stereocenters. The van der Waals surface area contributed by atoms with Gasteiger partial charge in [0.05, 0.1) is 20.6 Å². The van der Waals surface area contributed by atoms with Crippen molar-refractivity contribution in [2.75, 3.05) is 14.2 Å². The first-order chi connectivity index (χ1) is 12.1. The largest absolute Gasteiger partial charge is 0.493 e. The van der Waals surface area contributed by atoms with E-state index in [1.54, 1.807) is 20.3 Å². The Kier molecular flexibility index (Phi) is 4.88. The van der Waals surface area contributed by atoms with Crippen LogP contribution in [0.3, 0.4) is 0 Å². The van der Waals surface area contributed by atoms with E-state index in [1.807, 2.05) is 37.3 Å². The lowest BCUT2D eigenvalue weighted by Crippen LogP contribution is -2.24. The number of rotatable bonds is 6. The number of hydrogen-bond donors (Lipinski definition) is 1. The first-order valence-corrected chi connectivity index (χ1v) is 7.92. The Bertz CT molecular complexity index is 902. The first kappa shape index (κ1) is 16.8. The van der Waals surface area contributed by atoms with Crippen LogP contribution >= 0.6 is 0 Å². The molecule has 1 aromatic heterocycles. The average Bonchev–Trinajstić information content (AvgIpc) is 2.99. The van der Waals surface area contributed by atoms with Gasteiger partial charge in [-0.15, -0.1) is 0 Å². The highest BCUT2D eigenvalue weighted by molar-refractivity contribution is 5.79. The number of methoxy groups -OCH3 is 2. The van der Waals surface area contributed by atoms with E-state index in [9.17, 15) is 4.79 Å². The quantitative estimate of drug-likeness (QED) is 0.747. The van der Waals surface area contributed by atoms with E-state index in [2.05, 4.69) is 10.3 Å². The molecule has 130 valence electrons. The van der Waals surface area contributed by atoms with Crippen LogP contribution in [0.15, 0.2) is 40.8 Å². The summed E-state index contributed by atoms with van der Waals surface area (Å²) in [5.41, 5.74) is 3.38. The maximum Gasteiger partial charge on any atom is 0.224 e. The zero-order valence-electron chi connectivity index (χ0n) is 14.5. The third-order valence-corrected chi connectivity index (χ3v) is 3.86. The lowest BCUT2D eigenvalue weighted by Gasteiger charge is -2.10. The van der Waals surface area contributed by atoms with Gasteiger partial charge < -0.3 is 19.2 Å². The van der Waals surface area contributed by atoms with Gasteiger partial charge in [-0.05, 0) is 35.4 Å². The van der Waals surface area contributed by atoms with Crippen molar-refractivity contribution in [2.45, 2.75) is 19.9 Å². The van der Waals surface area contributed by atoms with Crippen molar-refractivity contribution in [1.82, 2.24) is 10.3 Å². The van der Waals surface area contributed by atoms with Gasteiger partial charge >= 0.3 is 0 Å². The zero-order chi connectivity index (χ0) is 17.8.